The first-order valence-corrected chi connectivity index (χ1v) is 8.50. The average molecular weight is 490 g/mol. The number of halogens is 1. The van der Waals surface area contributed by atoms with Crippen molar-refractivity contribution < 1.29 is 37.8 Å². The molecule has 3 aliphatic carbocycles. The summed E-state index contributed by atoms with van der Waals surface area (Å²) in [4.78, 5) is 0. The van der Waals surface area contributed by atoms with E-state index in [0.29, 0.717) is 5.41 Å². The van der Waals surface area contributed by atoms with Crippen LogP contribution in [0.3, 0.4) is 0 Å². The Morgan fingerprint density at radius 2 is 2.00 bits per heavy atom. The first-order chi connectivity index (χ1) is 9.59. The maximum Gasteiger partial charge on any atom is 0.0540 e. The van der Waals surface area contributed by atoms with Gasteiger partial charge in [0, 0.05) is 32.7 Å². The zero-order valence-corrected chi connectivity index (χ0v) is 19.2. The van der Waals surface area contributed by atoms with Gasteiger partial charge in [-0.2, -0.15) is 0 Å². The van der Waals surface area contributed by atoms with E-state index < -0.39 is 0 Å². The van der Waals surface area contributed by atoms with Crippen molar-refractivity contribution in [2.24, 2.45) is 17.3 Å². The topological polar surface area (TPSA) is 20.2 Å². The van der Waals surface area contributed by atoms with Crippen LogP contribution in [0.15, 0.2) is 23.3 Å². The fourth-order valence-corrected chi connectivity index (χ4v) is 4.77. The van der Waals surface area contributed by atoms with Crippen LogP contribution in [0.5, 0.6) is 0 Å². The predicted molar refractivity (Wildman–Crippen MR) is 99.6 cm³/mol. The van der Waals surface area contributed by atoms with Crippen molar-refractivity contribution in [1.29, 1.82) is 0 Å². The molecular weight excluding hydrogens is 460 g/mol. The van der Waals surface area contributed by atoms with Crippen molar-refractivity contribution in [2.75, 3.05) is 0 Å². The zero-order chi connectivity index (χ0) is 14.2. The summed E-state index contributed by atoms with van der Waals surface area (Å²) < 4.78 is 0. The van der Waals surface area contributed by atoms with Crippen LogP contribution in [0.4, 0.5) is 0 Å². The quantitative estimate of drug-likeness (QED) is 0.384. The summed E-state index contributed by atoms with van der Waals surface area (Å²) >= 11 is 0. The normalized spacial score (nSPS) is 41.3. The van der Waals surface area contributed by atoms with Crippen LogP contribution < -0.4 is 0 Å². The molecule has 3 unspecified atom stereocenters. The molecule has 0 spiro atoms. The van der Waals surface area contributed by atoms with E-state index in [1.54, 1.807) is 5.57 Å². The van der Waals surface area contributed by atoms with Crippen LogP contribution in [0.25, 0.3) is 0 Å². The SMILES string of the molecule is CC1CCC2/C(=C/C=C3\[CH-]CC[C@H](O)C3)CCCC12C.I.[Y]. The molecule has 3 saturated carbocycles. The monoisotopic (exact) mass is 490 g/mol. The predicted octanol–water partition coefficient (Wildman–Crippen LogP) is 5.44. The molecule has 1 nitrogen and oxygen atoms in total. The second kappa shape index (κ2) is 9.01. The number of aliphatic hydroxyl groups is 1. The molecule has 3 heteroatoms. The van der Waals surface area contributed by atoms with Gasteiger partial charge in [0.05, 0.1) is 6.10 Å². The first-order valence-electron chi connectivity index (χ1n) is 8.50. The van der Waals surface area contributed by atoms with Gasteiger partial charge < -0.3 is 5.11 Å². The second-order valence-corrected chi connectivity index (χ2v) is 7.51. The molecule has 0 bridgehead atoms. The van der Waals surface area contributed by atoms with E-state index in [-0.39, 0.29) is 62.8 Å². The number of rotatable bonds is 1. The number of fused-ring (bicyclic) bond motifs is 1. The Labute approximate surface area is 178 Å². The zero-order valence-electron chi connectivity index (χ0n) is 14.1. The van der Waals surface area contributed by atoms with E-state index in [0.717, 1.165) is 31.1 Å². The van der Waals surface area contributed by atoms with Gasteiger partial charge in [0.15, 0.2) is 0 Å². The first kappa shape index (κ1) is 21.2. The molecule has 0 aromatic heterocycles. The summed E-state index contributed by atoms with van der Waals surface area (Å²) in [6.45, 7) is 4.97. The Bertz CT molecular complexity index is 431. The molecule has 0 saturated heterocycles. The Balaban J connectivity index is 0.00000121. The third kappa shape index (κ3) is 4.40. The van der Waals surface area contributed by atoms with Crippen LogP contribution in [0.2, 0.25) is 0 Å². The number of hydrogen-bond donors (Lipinski definition) is 1. The molecule has 3 fully saturated rings. The van der Waals surface area contributed by atoms with Crippen LogP contribution in [-0.2, 0) is 32.7 Å². The molecule has 3 aliphatic rings. The maximum atomic E-state index is 9.76. The smallest absolute Gasteiger partial charge is 0.0540 e. The van der Waals surface area contributed by atoms with E-state index in [1.807, 2.05) is 0 Å². The Hall–Kier alpha value is 1.14. The van der Waals surface area contributed by atoms with Gasteiger partial charge in [-0.15, -0.1) is 30.1 Å². The van der Waals surface area contributed by atoms with E-state index in [2.05, 4.69) is 32.4 Å². The number of allylic oxidation sites excluding steroid dienone is 3. The van der Waals surface area contributed by atoms with Crippen LogP contribution in [0.1, 0.15) is 65.2 Å². The van der Waals surface area contributed by atoms with Crippen molar-refractivity contribution in [2.45, 2.75) is 71.3 Å². The van der Waals surface area contributed by atoms with E-state index in [4.69, 9.17) is 0 Å². The molecule has 3 rings (SSSR count). The molecule has 1 radical (unpaired) electrons. The minimum Gasteiger partial charge on any atom is -0.393 e. The van der Waals surface area contributed by atoms with E-state index >= 15 is 0 Å². The van der Waals surface area contributed by atoms with Crippen LogP contribution >= 0.6 is 24.0 Å². The van der Waals surface area contributed by atoms with Crippen molar-refractivity contribution in [1.82, 2.24) is 0 Å². The minimum absolute atomic E-state index is 0. The molecule has 1 N–H and O–H groups in total. The molecule has 22 heavy (non-hydrogen) atoms. The number of hydrogen-bond acceptors (Lipinski definition) is 1. The van der Waals surface area contributed by atoms with Crippen molar-refractivity contribution in [3.63, 3.8) is 0 Å². The molecule has 0 aromatic carbocycles. The van der Waals surface area contributed by atoms with Gasteiger partial charge in [-0.05, 0) is 62.2 Å². The molecule has 123 valence electrons. The maximum absolute atomic E-state index is 9.76. The van der Waals surface area contributed by atoms with Gasteiger partial charge in [-0.25, -0.2) is 18.1 Å². The molecule has 4 atom stereocenters. The standard InChI is InChI=1S/C19H29O.HI.Y/c1-14-8-11-18-16(6-4-12-19(14,18)2)10-9-15-5-3-7-17(20)13-15;;/h5,9-10,14,17-18,20H,3-4,6-8,11-13H2,1-2H3;1H;/q-1;;/b15-9+,16-10+;;/t14?,17-,18?,19?;;/m0../s1. The Kier molecular flexibility index (Phi) is 8.68. The summed E-state index contributed by atoms with van der Waals surface area (Å²) in [7, 11) is 0. The molecule has 0 amide bonds. The summed E-state index contributed by atoms with van der Waals surface area (Å²) in [5.74, 6) is 1.70. The van der Waals surface area contributed by atoms with Crippen molar-refractivity contribution in [3.8, 4) is 0 Å². The van der Waals surface area contributed by atoms with Gasteiger partial charge in [-0.3, -0.25) is 0 Å². The molecule has 0 heterocycles. The summed E-state index contributed by atoms with van der Waals surface area (Å²) in [6.07, 6.45) is 16.6. The summed E-state index contributed by atoms with van der Waals surface area (Å²) in [5.41, 5.74) is 3.58. The van der Waals surface area contributed by atoms with Crippen LogP contribution in [-0.4, -0.2) is 11.2 Å². The Morgan fingerprint density at radius 3 is 2.73 bits per heavy atom. The van der Waals surface area contributed by atoms with Crippen LogP contribution in [0, 0.1) is 23.7 Å². The van der Waals surface area contributed by atoms with Gasteiger partial charge in [0.25, 0.3) is 0 Å². The van der Waals surface area contributed by atoms with Crippen molar-refractivity contribution in [3.05, 3.63) is 29.7 Å². The largest absolute Gasteiger partial charge is 0.393 e. The van der Waals surface area contributed by atoms with Gasteiger partial charge in [-0.1, -0.05) is 25.8 Å². The third-order valence-corrected chi connectivity index (χ3v) is 6.33. The summed E-state index contributed by atoms with van der Waals surface area (Å²) in [5, 5.41) is 9.76. The Morgan fingerprint density at radius 1 is 1.23 bits per heavy atom. The van der Waals surface area contributed by atoms with E-state index in [9.17, 15) is 5.11 Å². The average Bonchev–Trinajstić information content (AvgIpc) is 2.73. The summed E-state index contributed by atoms with van der Waals surface area (Å²) in [6, 6.07) is 0. The van der Waals surface area contributed by atoms with Gasteiger partial charge in [0.1, 0.15) is 0 Å². The minimum atomic E-state index is -0.118. The third-order valence-electron chi connectivity index (χ3n) is 6.33. The van der Waals surface area contributed by atoms with Crippen molar-refractivity contribution >= 4 is 24.0 Å². The molecule has 0 aliphatic heterocycles. The fraction of sp³-hybridized carbons (Fsp3) is 0.737. The van der Waals surface area contributed by atoms with Gasteiger partial charge >= 0.3 is 0 Å². The van der Waals surface area contributed by atoms with Gasteiger partial charge in [0.2, 0.25) is 0 Å². The fourth-order valence-electron chi connectivity index (χ4n) is 4.77. The van der Waals surface area contributed by atoms with E-state index in [1.165, 1.54) is 37.7 Å². The number of aliphatic hydroxyl groups excluding tert-OH is 1. The second-order valence-electron chi connectivity index (χ2n) is 7.51. The molecular formula is C19H30IOY-. The molecule has 0 aromatic rings.